The predicted octanol–water partition coefficient (Wildman–Crippen LogP) is 2.53. The van der Waals surface area contributed by atoms with Gasteiger partial charge >= 0.3 is 0 Å². The summed E-state index contributed by atoms with van der Waals surface area (Å²) in [4.78, 5) is 12.7. The molecule has 2 rings (SSSR count). The monoisotopic (exact) mass is 328 g/mol. The molecule has 1 unspecified atom stereocenters. The highest BCUT2D eigenvalue weighted by molar-refractivity contribution is 7.21. The molecule has 1 atom stereocenters. The first kappa shape index (κ1) is 16.0. The van der Waals surface area contributed by atoms with Crippen molar-refractivity contribution in [2.24, 2.45) is 0 Å². The van der Waals surface area contributed by atoms with Crippen molar-refractivity contribution in [1.29, 1.82) is 0 Å². The van der Waals surface area contributed by atoms with Crippen LogP contribution in [0.5, 0.6) is 0 Å². The third kappa shape index (κ3) is 3.47. The minimum absolute atomic E-state index is 0.196. The third-order valence-corrected chi connectivity index (χ3v) is 4.57. The maximum absolute atomic E-state index is 12.3. The smallest absolute Gasteiger partial charge is 0.263 e. The summed E-state index contributed by atoms with van der Waals surface area (Å²) < 4.78 is 11.1. The Morgan fingerprint density at radius 2 is 2.24 bits per heavy atom. The number of ether oxygens (including phenoxy) is 2. The van der Waals surface area contributed by atoms with Crippen LogP contribution in [0.15, 0.2) is 18.2 Å². The summed E-state index contributed by atoms with van der Waals surface area (Å²) in [6.07, 6.45) is -0.196. The van der Waals surface area contributed by atoms with E-state index in [2.05, 4.69) is 5.32 Å². The highest BCUT2D eigenvalue weighted by Crippen LogP contribution is 2.37. The van der Waals surface area contributed by atoms with E-state index in [-0.39, 0.29) is 12.0 Å². The Bertz CT molecular complexity index is 644. The Morgan fingerprint density at radius 1 is 1.48 bits per heavy atom. The van der Waals surface area contributed by atoms with E-state index in [4.69, 9.17) is 26.8 Å². The highest BCUT2D eigenvalue weighted by atomic mass is 35.5. The van der Waals surface area contributed by atoms with Crippen LogP contribution in [0.2, 0.25) is 5.02 Å². The molecule has 0 fully saturated rings. The fraction of sp³-hybridized carbons (Fsp3) is 0.357. The van der Waals surface area contributed by atoms with Crippen molar-refractivity contribution in [2.75, 3.05) is 33.1 Å². The van der Waals surface area contributed by atoms with Crippen LogP contribution in [0, 0.1) is 0 Å². The molecule has 2 aromatic rings. The normalized spacial score (nSPS) is 12.5. The number of nitrogens with one attached hydrogen (secondary N) is 1. The van der Waals surface area contributed by atoms with Crippen LogP contribution in [-0.4, -0.2) is 39.4 Å². The quantitative estimate of drug-likeness (QED) is 0.854. The zero-order valence-corrected chi connectivity index (χ0v) is 13.4. The number of hydrogen-bond donors (Lipinski definition) is 2. The summed E-state index contributed by atoms with van der Waals surface area (Å²) in [5.74, 6) is -0.233. The van der Waals surface area contributed by atoms with Gasteiger partial charge in [-0.05, 0) is 12.1 Å². The van der Waals surface area contributed by atoms with Gasteiger partial charge in [0.2, 0.25) is 0 Å². The molecule has 0 radical (unpaired) electrons. The van der Waals surface area contributed by atoms with E-state index >= 15 is 0 Å². The van der Waals surface area contributed by atoms with Gasteiger partial charge < -0.3 is 20.5 Å². The molecule has 1 aromatic heterocycles. The number of nitrogen functional groups attached to an aromatic ring is 1. The molecule has 0 saturated heterocycles. The van der Waals surface area contributed by atoms with E-state index in [0.717, 1.165) is 10.1 Å². The summed E-state index contributed by atoms with van der Waals surface area (Å²) >= 11 is 7.46. The molecule has 3 N–H and O–H groups in total. The fourth-order valence-corrected chi connectivity index (χ4v) is 3.38. The Balaban J connectivity index is 2.16. The molecule has 114 valence electrons. The number of halogens is 1. The molecule has 0 saturated carbocycles. The van der Waals surface area contributed by atoms with Crippen molar-refractivity contribution in [2.45, 2.75) is 6.10 Å². The second kappa shape index (κ2) is 7.09. The second-order valence-corrected chi connectivity index (χ2v) is 5.94. The van der Waals surface area contributed by atoms with E-state index in [9.17, 15) is 4.79 Å². The summed E-state index contributed by atoms with van der Waals surface area (Å²) in [5.41, 5.74) is 6.46. The van der Waals surface area contributed by atoms with Crippen LogP contribution < -0.4 is 11.1 Å². The number of carbonyl (C=O) groups is 1. The lowest BCUT2D eigenvalue weighted by Gasteiger charge is -2.14. The summed E-state index contributed by atoms with van der Waals surface area (Å²) in [6.45, 7) is 0.759. The fourth-order valence-electron chi connectivity index (χ4n) is 1.98. The van der Waals surface area contributed by atoms with Crippen molar-refractivity contribution < 1.29 is 14.3 Å². The summed E-state index contributed by atoms with van der Waals surface area (Å²) in [7, 11) is 3.16. The number of amides is 1. The van der Waals surface area contributed by atoms with Gasteiger partial charge in [0.15, 0.2) is 0 Å². The van der Waals surface area contributed by atoms with Crippen LogP contribution in [0.3, 0.4) is 0 Å². The van der Waals surface area contributed by atoms with Gasteiger partial charge in [0.25, 0.3) is 5.91 Å². The van der Waals surface area contributed by atoms with Gasteiger partial charge in [0, 0.05) is 30.9 Å². The summed E-state index contributed by atoms with van der Waals surface area (Å²) in [6, 6.07) is 5.48. The molecular formula is C14H17ClN2O3S. The largest absolute Gasteiger partial charge is 0.397 e. The average molecular weight is 329 g/mol. The molecule has 7 heteroatoms. The molecule has 1 aromatic carbocycles. The van der Waals surface area contributed by atoms with Crippen molar-refractivity contribution in [1.82, 2.24) is 5.32 Å². The molecule has 0 aliphatic rings. The third-order valence-electron chi connectivity index (χ3n) is 3.08. The van der Waals surface area contributed by atoms with E-state index in [1.165, 1.54) is 11.3 Å². The van der Waals surface area contributed by atoms with Crippen molar-refractivity contribution in [3.05, 3.63) is 28.1 Å². The molecule has 0 bridgehead atoms. The molecule has 0 spiro atoms. The minimum Gasteiger partial charge on any atom is -0.397 e. The van der Waals surface area contributed by atoms with Crippen LogP contribution in [-0.2, 0) is 9.47 Å². The van der Waals surface area contributed by atoms with E-state index in [1.54, 1.807) is 20.3 Å². The number of thiophene rings is 1. The lowest BCUT2D eigenvalue weighted by Crippen LogP contribution is -2.35. The van der Waals surface area contributed by atoms with E-state index < -0.39 is 0 Å². The number of fused-ring (bicyclic) bond motifs is 1. The molecule has 0 aliphatic heterocycles. The number of anilines is 1. The van der Waals surface area contributed by atoms with Crippen molar-refractivity contribution >= 4 is 44.6 Å². The standard InChI is InChI=1S/C14H17ClN2O3S/c1-19-7-8(20-2)6-17-14(18)13-12(16)11-9(15)4-3-5-10(11)21-13/h3-5,8H,6-7,16H2,1-2H3,(H,17,18). The molecule has 0 aliphatic carbocycles. The Labute approximate surface area is 132 Å². The average Bonchev–Trinajstić information content (AvgIpc) is 2.81. The number of carbonyl (C=O) groups excluding carboxylic acids is 1. The number of benzene rings is 1. The Hall–Kier alpha value is -1.34. The number of methoxy groups -OCH3 is 2. The van der Waals surface area contributed by atoms with Crippen LogP contribution >= 0.6 is 22.9 Å². The lowest BCUT2D eigenvalue weighted by atomic mass is 10.2. The second-order valence-electron chi connectivity index (χ2n) is 4.48. The molecular weight excluding hydrogens is 312 g/mol. The first-order valence-electron chi connectivity index (χ1n) is 6.34. The maximum atomic E-state index is 12.3. The van der Waals surface area contributed by atoms with Crippen LogP contribution in [0.4, 0.5) is 5.69 Å². The first-order chi connectivity index (χ1) is 10.1. The van der Waals surface area contributed by atoms with Gasteiger partial charge in [0.05, 0.1) is 23.4 Å². The lowest BCUT2D eigenvalue weighted by molar-refractivity contribution is 0.0286. The van der Waals surface area contributed by atoms with Gasteiger partial charge in [-0.1, -0.05) is 17.7 Å². The topological polar surface area (TPSA) is 73.6 Å². The maximum Gasteiger partial charge on any atom is 0.263 e. The van der Waals surface area contributed by atoms with Gasteiger partial charge in [-0.25, -0.2) is 0 Å². The Kier molecular flexibility index (Phi) is 5.41. The summed E-state index contributed by atoms with van der Waals surface area (Å²) in [5, 5.41) is 4.08. The van der Waals surface area contributed by atoms with Crippen LogP contribution in [0.1, 0.15) is 9.67 Å². The van der Waals surface area contributed by atoms with Gasteiger partial charge in [-0.2, -0.15) is 0 Å². The first-order valence-corrected chi connectivity index (χ1v) is 7.54. The van der Waals surface area contributed by atoms with E-state index in [1.807, 2.05) is 12.1 Å². The molecule has 21 heavy (non-hydrogen) atoms. The zero-order valence-electron chi connectivity index (χ0n) is 11.8. The molecule has 5 nitrogen and oxygen atoms in total. The van der Waals surface area contributed by atoms with Crippen LogP contribution in [0.25, 0.3) is 10.1 Å². The number of hydrogen-bond acceptors (Lipinski definition) is 5. The number of nitrogens with two attached hydrogens (primary N) is 1. The van der Waals surface area contributed by atoms with Gasteiger partial charge in [0.1, 0.15) is 4.88 Å². The SMILES string of the molecule is COCC(CNC(=O)c1sc2cccc(Cl)c2c1N)OC. The van der Waals surface area contributed by atoms with Gasteiger partial charge in [-0.3, -0.25) is 4.79 Å². The Morgan fingerprint density at radius 3 is 2.86 bits per heavy atom. The number of rotatable bonds is 6. The van der Waals surface area contributed by atoms with E-state index in [0.29, 0.717) is 28.7 Å². The zero-order chi connectivity index (χ0) is 15.4. The molecule has 1 amide bonds. The van der Waals surface area contributed by atoms with Crippen molar-refractivity contribution in [3.8, 4) is 0 Å². The minimum atomic E-state index is -0.233. The molecule has 1 heterocycles. The van der Waals surface area contributed by atoms with Crippen molar-refractivity contribution in [3.63, 3.8) is 0 Å². The highest BCUT2D eigenvalue weighted by Gasteiger charge is 2.19. The van der Waals surface area contributed by atoms with Gasteiger partial charge in [-0.15, -0.1) is 11.3 Å². The predicted molar refractivity (Wildman–Crippen MR) is 86.3 cm³/mol.